The molecule has 0 unspecified atom stereocenters. The molecule has 0 radical (unpaired) electrons. The van der Waals surface area contributed by atoms with Gasteiger partial charge >= 0.3 is 0 Å². The summed E-state index contributed by atoms with van der Waals surface area (Å²) in [6.45, 7) is 0.299. The Kier molecular flexibility index (Phi) is 4.93. The van der Waals surface area contributed by atoms with Gasteiger partial charge in [-0.2, -0.15) is 0 Å². The first kappa shape index (κ1) is 18.8. The normalized spacial score (nSPS) is 12.7. The zero-order chi connectivity index (χ0) is 20.5. The lowest BCUT2D eigenvalue weighted by molar-refractivity contribution is 0.306. The van der Waals surface area contributed by atoms with Crippen LogP contribution < -0.4 is 14.9 Å². The van der Waals surface area contributed by atoms with E-state index in [1.54, 1.807) is 12.1 Å². The second-order valence-corrected chi connectivity index (χ2v) is 7.72. The Balaban J connectivity index is 1.38. The summed E-state index contributed by atoms with van der Waals surface area (Å²) in [5.74, 6) is 2.74. The number of halogens is 1. The number of hydrogen-bond donors (Lipinski definition) is 0. The molecule has 0 atom stereocenters. The minimum atomic E-state index is 0.0172. The monoisotopic (exact) mass is 418 g/mol. The second-order valence-electron chi connectivity index (χ2n) is 7.32. The van der Waals surface area contributed by atoms with Crippen molar-refractivity contribution >= 4 is 22.6 Å². The number of benzene rings is 3. The van der Waals surface area contributed by atoms with Crippen molar-refractivity contribution in [2.75, 3.05) is 0 Å². The summed E-state index contributed by atoms with van der Waals surface area (Å²) >= 11 is 6.40. The van der Waals surface area contributed by atoms with Crippen LogP contribution >= 0.6 is 11.6 Å². The van der Waals surface area contributed by atoms with Gasteiger partial charge in [-0.05, 0) is 48.7 Å². The van der Waals surface area contributed by atoms with E-state index in [1.165, 1.54) is 0 Å². The molecule has 1 aliphatic rings. The molecule has 1 aliphatic carbocycles. The summed E-state index contributed by atoms with van der Waals surface area (Å²) in [6, 6.07) is 20.6. The highest BCUT2D eigenvalue weighted by Gasteiger charge is 2.20. The lowest BCUT2D eigenvalue weighted by Crippen LogP contribution is -2.09. The second kappa shape index (κ2) is 7.88. The molecule has 0 amide bonds. The van der Waals surface area contributed by atoms with Crippen molar-refractivity contribution in [3.63, 3.8) is 0 Å². The maximum atomic E-state index is 12.8. The van der Waals surface area contributed by atoms with Crippen molar-refractivity contribution in [3.05, 3.63) is 98.9 Å². The van der Waals surface area contributed by atoms with Crippen molar-refractivity contribution in [1.29, 1.82) is 0 Å². The van der Waals surface area contributed by atoms with Gasteiger partial charge in [0.25, 0.3) is 0 Å². The lowest BCUT2D eigenvalue weighted by Gasteiger charge is -2.11. The van der Waals surface area contributed by atoms with Crippen LogP contribution in [0.4, 0.5) is 0 Å². The van der Waals surface area contributed by atoms with Crippen LogP contribution in [0.15, 0.2) is 75.9 Å². The van der Waals surface area contributed by atoms with E-state index >= 15 is 0 Å². The molecule has 5 heteroatoms. The molecule has 30 heavy (non-hydrogen) atoms. The van der Waals surface area contributed by atoms with E-state index < -0.39 is 0 Å². The lowest BCUT2D eigenvalue weighted by atomic mass is 10.1. The van der Waals surface area contributed by atoms with Gasteiger partial charge in [-0.25, -0.2) is 0 Å². The number of ether oxygens (including phenoxy) is 2. The van der Waals surface area contributed by atoms with Gasteiger partial charge in [0.05, 0.1) is 10.4 Å². The Hall–Kier alpha value is -3.24. The fourth-order valence-electron chi connectivity index (χ4n) is 3.76. The largest absolute Gasteiger partial charge is 0.487 e. The third-order valence-electron chi connectivity index (χ3n) is 5.22. The molecule has 0 fully saturated rings. The smallest absolute Gasteiger partial charge is 0.196 e. The summed E-state index contributed by atoms with van der Waals surface area (Å²) < 4.78 is 17.7. The Morgan fingerprint density at radius 2 is 1.77 bits per heavy atom. The highest BCUT2D eigenvalue weighted by molar-refractivity contribution is 6.32. The minimum absolute atomic E-state index is 0.0172. The standard InChI is InChI=1S/C25H19ClO4/c26-21-14-23-20(25(27)19-10-5-11-22(19)30-23)13-24(21)28-15-16-6-4-9-18(12-16)29-17-7-2-1-3-8-17/h1-4,6-9,12-14H,5,10-11,15H2. The van der Waals surface area contributed by atoms with Gasteiger partial charge in [0.1, 0.15) is 35.2 Å². The Labute approximate surface area is 178 Å². The van der Waals surface area contributed by atoms with Gasteiger partial charge in [-0.3, -0.25) is 4.79 Å². The van der Waals surface area contributed by atoms with Gasteiger partial charge in [0, 0.05) is 18.1 Å². The van der Waals surface area contributed by atoms with Crippen molar-refractivity contribution in [2.45, 2.75) is 25.9 Å². The third-order valence-corrected chi connectivity index (χ3v) is 5.52. The summed E-state index contributed by atoms with van der Waals surface area (Å²) in [5, 5.41) is 0.927. The summed E-state index contributed by atoms with van der Waals surface area (Å²) in [6.07, 6.45) is 2.52. The maximum Gasteiger partial charge on any atom is 0.196 e. The Morgan fingerprint density at radius 3 is 2.63 bits per heavy atom. The first-order chi connectivity index (χ1) is 14.7. The molecular weight excluding hydrogens is 400 g/mol. The number of fused-ring (bicyclic) bond motifs is 2. The number of rotatable bonds is 5. The molecule has 150 valence electrons. The van der Waals surface area contributed by atoms with Crippen LogP contribution in [-0.2, 0) is 19.4 Å². The van der Waals surface area contributed by atoms with Crippen LogP contribution in [0.5, 0.6) is 17.2 Å². The van der Waals surface area contributed by atoms with Crippen LogP contribution in [0, 0.1) is 0 Å². The molecule has 0 saturated carbocycles. The van der Waals surface area contributed by atoms with E-state index in [9.17, 15) is 4.79 Å². The van der Waals surface area contributed by atoms with Crippen molar-refractivity contribution in [3.8, 4) is 17.2 Å². The van der Waals surface area contributed by atoms with Crippen LogP contribution in [0.1, 0.15) is 23.3 Å². The highest BCUT2D eigenvalue weighted by atomic mass is 35.5. The SMILES string of the molecule is O=c1c2c(oc3cc(Cl)c(OCc4cccc(Oc5ccccc5)c4)cc13)CCC2. The molecule has 1 aromatic heterocycles. The molecular formula is C25H19ClO4. The number of para-hydroxylation sites is 1. The summed E-state index contributed by atoms with van der Waals surface area (Å²) in [4.78, 5) is 12.8. The van der Waals surface area contributed by atoms with Gasteiger partial charge < -0.3 is 13.9 Å². The van der Waals surface area contributed by atoms with Gasteiger partial charge in [0.15, 0.2) is 5.43 Å². The average Bonchev–Trinajstić information content (AvgIpc) is 3.22. The van der Waals surface area contributed by atoms with E-state index in [1.807, 2.05) is 54.6 Å². The van der Waals surface area contributed by atoms with E-state index in [0.29, 0.717) is 28.3 Å². The van der Waals surface area contributed by atoms with Crippen molar-refractivity contribution < 1.29 is 13.9 Å². The first-order valence-electron chi connectivity index (χ1n) is 9.90. The van der Waals surface area contributed by atoms with E-state index in [-0.39, 0.29) is 5.43 Å². The molecule has 0 bridgehead atoms. The van der Waals surface area contributed by atoms with E-state index in [0.717, 1.165) is 47.6 Å². The van der Waals surface area contributed by atoms with Crippen LogP contribution in [-0.4, -0.2) is 0 Å². The zero-order valence-electron chi connectivity index (χ0n) is 16.2. The van der Waals surface area contributed by atoms with E-state index in [4.69, 9.17) is 25.5 Å². The fourth-order valence-corrected chi connectivity index (χ4v) is 3.96. The number of hydrogen-bond acceptors (Lipinski definition) is 4. The van der Waals surface area contributed by atoms with Crippen LogP contribution in [0.3, 0.4) is 0 Å². The molecule has 0 spiro atoms. The van der Waals surface area contributed by atoms with Crippen LogP contribution in [0.25, 0.3) is 11.0 Å². The van der Waals surface area contributed by atoms with Gasteiger partial charge in [-0.1, -0.05) is 41.9 Å². The Bertz CT molecular complexity index is 1280. The molecule has 1 heterocycles. The topological polar surface area (TPSA) is 48.7 Å². The fraction of sp³-hybridized carbons (Fsp3) is 0.160. The minimum Gasteiger partial charge on any atom is -0.487 e. The quantitative estimate of drug-likeness (QED) is 0.381. The molecule has 4 aromatic rings. The zero-order valence-corrected chi connectivity index (χ0v) is 16.9. The van der Waals surface area contributed by atoms with E-state index in [2.05, 4.69) is 0 Å². The van der Waals surface area contributed by atoms with Crippen molar-refractivity contribution in [2.24, 2.45) is 0 Å². The van der Waals surface area contributed by atoms with Gasteiger partial charge in [0.2, 0.25) is 0 Å². The summed E-state index contributed by atoms with van der Waals surface area (Å²) in [5.41, 5.74) is 2.24. The first-order valence-corrected chi connectivity index (χ1v) is 10.3. The molecule has 3 aromatic carbocycles. The molecule has 0 saturated heterocycles. The maximum absolute atomic E-state index is 12.8. The molecule has 4 nitrogen and oxygen atoms in total. The predicted octanol–water partition coefficient (Wildman–Crippen LogP) is 6.31. The third kappa shape index (κ3) is 3.66. The predicted molar refractivity (Wildman–Crippen MR) is 117 cm³/mol. The Morgan fingerprint density at radius 1 is 0.933 bits per heavy atom. The molecule has 5 rings (SSSR count). The van der Waals surface area contributed by atoms with Gasteiger partial charge in [-0.15, -0.1) is 0 Å². The molecule has 0 aliphatic heterocycles. The number of aryl methyl sites for hydroxylation is 1. The van der Waals surface area contributed by atoms with Crippen LogP contribution in [0.2, 0.25) is 5.02 Å². The summed E-state index contributed by atoms with van der Waals surface area (Å²) in [7, 11) is 0. The average molecular weight is 419 g/mol. The highest BCUT2D eigenvalue weighted by Crippen LogP contribution is 2.32. The van der Waals surface area contributed by atoms with Crippen molar-refractivity contribution in [1.82, 2.24) is 0 Å². The molecule has 0 N–H and O–H groups in total.